The highest BCUT2D eigenvalue weighted by Crippen LogP contribution is 2.12. The Bertz CT molecular complexity index is 282. The van der Waals surface area contributed by atoms with Crippen molar-refractivity contribution in [3.8, 4) is 0 Å². The van der Waals surface area contributed by atoms with Gasteiger partial charge in [0.15, 0.2) is 0 Å². The third-order valence-electron chi connectivity index (χ3n) is 3.25. The van der Waals surface area contributed by atoms with Crippen LogP contribution < -0.4 is 0 Å². The van der Waals surface area contributed by atoms with Crippen LogP contribution in [0.3, 0.4) is 0 Å². The maximum atomic E-state index is 11.3. The van der Waals surface area contributed by atoms with Crippen LogP contribution in [0.2, 0.25) is 0 Å². The van der Waals surface area contributed by atoms with E-state index in [4.69, 9.17) is 5.11 Å². The second kappa shape index (κ2) is 11.9. The second-order valence-corrected chi connectivity index (χ2v) is 5.13. The van der Waals surface area contributed by atoms with Gasteiger partial charge in [0, 0.05) is 12.3 Å². The first-order valence-electron chi connectivity index (χ1n) is 7.46. The Balaban J connectivity index is 3.51. The standard InChI is InChI=1S/C16H28O3/c1-3-11-15(14(2)17)12-9-7-5-4-6-8-10-13-16(18)19/h9,12,15H,3-8,10-11,13H2,1-2H3,(H,18,19)/b12-9+. The van der Waals surface area contributed by atoms with Gasteiger partial charge in [-0.1, -0.05) is 44.8 Å². The second-order valence-electron chi connectivity index (χ2n) is 5.13. The molecule has 0 saturated carbocycles. The third-order valence-corrected chi connectivity index (χ3v) is 3.25. The highest BCUT2D eigenvalue weighted by Gasteiger charge is 2.07. The molecule has 1 atom stereocenters. The van der Waals surface area contributed by atoms with Gasteiger partial charge in [0.2, 0.25) is 0 Å². The summed E-state index contributed by atoms with van der Waals surface area (Å²) in [6, 6.07) is 0. The summed E-state index contributed by atoms with van der Waals surface area (Å²) in [5.74, 6) is -0.346. The molecule has 1 N–H and O–H groups in total. The first kappa shape index (κ1) is 17.9. The molecule has 3 nitrogen and oxygen atoms in total. The molecule has 0 fully saturated rings. The largest absolute Gasteiger partial charge is 0.481 e. The molecule has 0 aliphatic carbocycles. The van der Waals surface area contributed by atoms with Crippen LogP contribution in [0, 0.1) is 5.92 Å². The molecule has 0 aromatic heterocycles. The molecule has 0 heterocycles. The van der Waals surface area contributed by atoms with Gasteiger partial charge in [0.25, 0.3) is 0 Å². The minimum atomic E-state index is -0.700. The van der Waals surface area contributed by atoms with E-state index in [0.29, 0.717) is 0 Å². The molecule has 0 aliphatic rings. The maximum Gasteiger partial charge on any atom is 0.303 e. The number of aliphatic carboxylic acids is 1. The molecule has 0 aromatic carbocycles. The van der Waals surface area contributed by atoms with Crippen LogP contribution in [-0.4, -0.2) is 16.9 Å². The molecule has 110 valence electrons. The summed E-state index contributed by atoms with van der Waals surface area (Å²) in [5, 5.41) is 8.49. The molecule has 3 heteroatoms. The van der Waals surface area contributed by atoms with Gasteiger partial charge in [-0.2, -0.15) is 0 Å². The number of ketones is 1. The number of allylic oxidation sites excluding steroid dienone is 2. The van der Waals surface area contributed by atoms with Crippen molar-refractivity contribution >= 4 is 11.8 Å². The Morgan fingerprint density at radius 2 is 1.74 bits per heavy atom. The van der Waals surface area contributed by atoms with E-state index in [1.165, 1.54) is 0 Å². The Morgan fingerprint density at radius 3 is 2.32 bits per heavy atom. The average Bonchev–Trinajstić information content (AvgIpc) is 2.34. The van der Waals surface area contributed by atoms with Crippen molar-refractivity contribution in [3.05, 3.63) is 12.2 Å². The van der Waals surface area contributed by atoms with E-state index < -0.39 is 5.97 Å². The molecule has 19 heavy (non-hydrogen) atoms. The van der Waals surface area contributed by atoms with Crippen molar-refractivity contribution < 1.29 is 14.7 Å². The van der Waals surface area contributed by atoms with Crippen molar-refractivity contribution in [2.45, 2.75) is 71.6 Å². The molecule has 0 spiro atoms. The Labute approximate surface area is 117 Å². The zero-order valence-corrected chi connectivity index (χ0v) is 12.4. The molecular weight excluding hydrogens is 240 g/mol. The summed E-state index contributed by atoms with van der Waals surface area (Å²) in [4.78, 5) is 21.6. The molecule has 0 saturated heterocycles. The van der Waals surface area contributed by atoms with Crippen molar-refractivity contribution in [1.29, 1.82) is 0 Å². The first-order chi connectivity index (χ1) is 9.07. The van der Waals surface area contributed by atoms with E-state index in [-0.39, 0.29) is 18.1 Å². The smallest absolute Gasteiger partial charge is 0.303 e. The Morgan fingerprint density at radius 1 is 1.11 bits per heavy atom. The summed E-state index contributed by atoms with van der Waals surface area (Å²) < 4.78 is 0. The molecular formula is C16H28O3. The summed E-state index contributed by atoms with van der Waals surface area (Å²) in [7, 11) is 0. The van der Waals surface area contributed by atoms with E-state index in [1.54, 1.807) is 6.92 Å². The zero-order valence-electron chi connectivity index (χ0n) is 12.4. The van der Waals surface area contributed by atoms with Crippen molar-refractivity contribution in [2.75, 3.05) is 0 Å². The van der Waals surface area contributed by atoms with Gasteiger partial charge < -0.3 is 5.11 Å². The number of carboxylic acids is 1. The van der Waals surface area contributed by atoms with Crippen LogP contribution in [0.4, 0.5) is 0 Å². The molecule has 0 rings (SSSR count). The monoisotopic (exact) mass is 268 g/mol. The Hall–Kier alpha value is -1.12. The third kappa shape index (κ3) is 11.7. The van der Waals surface area contributed by atoms with Crippen LogP contribution in [0.5, 0.6) is 0 Å². The Kier molecular flexibility index (Phi) is 11.2. The quantitative estimate of drug-likeness (QED) is 0.422. The molecule has 0 bridgehead atoms. The van der Waals surface area contributed by atoms with Gasteiger partial charge in [-0.15, -0.1) is 0 Å². The summed E-state index contributed by atoms with van der Waals surface area (Å²) in [5.41, 5.74) is 0. The van der Waals surface area contributed by atoms with E-state index >= 15 is 0 Å². The minimum Gasteiger partial charge on any atom is -0.481 e. The first-order valence-corrected chi connectivity index (χ1v) is 7.46. The fourth-order valence-corrected chi connectivity index (χ4v) is 2.08. The summed E-state index contributed by atoms with van der Waals surface area (Å²) >= 11 is 0. The van der Waals surface area contributed by atoms with E-state index in [0.717, 1.165) is 51.4 Å². The van der Waals surface area contributed by atoms with Gasteiger partial charge in [-0.05, 0) is 32.6 Å². The molecule has 1 unspecified atom stereocenters. The van der Waals surface area contributed by atoms with Gasteiger partial charge in [-0.3, -0.25) is 9.59 Å². The molecule has 0 aromatic rings. The zero-order chi connectivity index (χ0) is 14.5. The van der Waals surface area contributed by atoms with Crippen molar-refractivity contribution in [3.63, 3.8) is 0 Å². The SMILES string of the molecule is CCCC(/C=C/CCCCCCCC(=O)O)C(C)=O. The van der Waals surface area contributed by atoms with Gasteiger partial charge in [0.1, 0.15) is 5.78 Å². The average molecular weight is 268 g/mol. The highest BCUT2D eigenvalue weighted by molar-refractivity contribution is 5.79. The van der Waals surface area contributed by atoms with Crippen molar-refractivity contribution in [1.82, 2.24) is 0 Å². The van der Waals surface area contributed by atoms with Crippen LogP contribution >= 0.6 is 0 Å². The number of carboxylic acid groups (broad SMARTS) is 1. The molecule has 0 aliphatic heterocycles. The van der Waals surface area contributed by atoms with Crippen LogP contribution in [0.25, 0.3) is 0 Å². The number of rotatable bonds is 12. The van der Waals surface area contributed by atoms with E-state index in [9.17, 15) is 9.59 Å². The minimum absolute atomic E-state index is 0.0977. The lowest BCUT2D eigenvalue weighted by molar-refractivity contribution is -0.137. The van der Waals surface area contributed by atoms with Gasteiger partial charge in [0.05, 0.1) is 0 Å². The molecule has 0 radical (unpaired) electrons. The number of carbonyl (C=O) groups excluding carboxylic acids is 1. The number of Topliss-reactive ketones (excluding diaryl/α,β-unsaturated/α-hetero) is 1. The normalized spacial score (nSPS) is 12.7. The maximum absolute atomic E-state index is 11.3. The van der Waals surface area contributed by atoms with Gasteiger partial charge >= 0.3 is 5.97 Å². The van der Waals surface area contributed by atoms with Crippen molar-refractivity contribution in [2.24, 2.45) is 5.92 Å². The van der Waals surface area contributed by atoms with Crippen LogP contribution in [-0.2, 0) is 9.59 Å². The van der Waals surface area contributed by atoms with Crippen LogP contribution in [0.15, 0.2) is 12.2 Å². The number of unbranched alkanes of at least 4 members (excludes halogenated alkanes) is 5. The lowest BCUT2D eigenvalue weighted by Gasteiger charge is -2.06. The lowest BCUT2D eigenvalue weighted by Crippen LogP contribution is -2.06. The van der Waals surface area contributed by atoms with Gasteiger partial charge in [-0.25, -0.2) is 0 Å². The number of carbonyl (C=O) groups is 2. The van der Waals surface area contributed by atoms with E-state index in [1.807, 2.05) is 0 Å². The lowest BCUT2D eigenvalue weighted by atomic mass is 9.98. The topological polar surface area (TPSA) is 54.4 Å². The van der Waals surface area contributed by atoms with E-state index in [2.05, 4.69) is 19.1 Å². The highest BCUT2D eigenvalue weighted by atomic mass is 16.4. The number of hydrogen-bond donors (Lipinski definition) is 1. The molecule has 0 amide bonds. The number of hydrogen-bond acceptors (Lipinski definition) is 2. The fourth-order valence-electron chi connectivity index (χ4n) is 2.08. The van der Waals surface area contributed by atoms with Crippen LogP contribution in [0.1, 0.15) is 71.6 Å². The fraction of sp³-hybridized carbons (Fsp3) is 0.750. The predicted molar refractivity (Wildman–Crippen MR) is 78.2 cm³/mol. The predicted octanol–water partition coefficient (Wildman–Crippen LogP) is 4.36. The summed E-state index contributed by atoms with van der Waals surface area (Å²) in [6.07, 6.45) is 12.6. The summed E-state index contributed by atoms with van der Waals surface area (Å²) in [6.45, 7) is 3.76.